The van der Waals surface area contributed by atoms with Crippen LogP contribution in [-0.4, -0.2) is 33.7 Å². The van der Waals surface area contributed by atoms with Crippen molar-refractivity contribution in [3.05, 3.63) is 28.2 Å². The van der Waals surface area contributed by atoms with Gasteiger partial charge in [0.2, 0.25) is 0 Å². The minimum absolute atomic E-state index is 0.0283. The van der Waals surface area contributed by atoms with Gasteiger partial charge in [-0.05, 0) is 38.0 Å². The molecule has 0 aliphatic rings. The summed E-state index contributed by atoms with van der Waals surface area (Å²) < 4.78 is 0.878. The zero-order valence-corrected chi connectivity index (χ0v) is 13.7. The number of phenols is 1. The normalized spacial score (nSPS) is 14.2. The molecular formula is C15H22BrNO3. The van der Waals surface area contributed by atoms with Crippen molar-refractivity contribution in [3.8, 4) is 5.75 Å². The Morgan fingerprint density at radius 3 is 2.50 bits per heavy atom. The second-order valence-corrected chi connectivity index (χ2v) is 5.87. The van der Waals surface area contributed by atoms with Crippen molar-refractivity contribution in [1.29, 1.82) is 0 Å². The summed E-state index contributed by atoms with van der Waals surface area (Å²) in [7, 11) is 0. The van der Waals surface area contributed by atoms with Gasteiger partial charge >= 0.3 is 5.97 Å². The number of phenolic OH excluding ortho intramolecular Hbond substituents is 1. The third-order valence-corrected chi connectivity index (χ3v) is 4.10. The lowest BCUT2D eigenvalue weighted by Gasteiger charge is -2.35. The number of benzene rings is 1. The van der Waals surface area contributed by atoms with Crippen molar-refractivity contribution in [1.82, 2.24) is 4.90 Å². The van der Waals surface area contributed by atoms with E-state index in [1.54, 1.807) is 12.1 Å². The van der Waals surface area contributed by atoms with Gasteiger partial charge in [0.15, 0.2) is 0 Å². The van der Waals surface area contributed by atoms with Crippen molar-refractivity contribution >= 4 is 21.9 Å². The van der Waals surface area contributed by atoms with Crippen LogP contribution in [0, 0.1) is 0 Å². The molecule has 0 aliphatic heterocycles. The minimum atomic E-state index is -0.849. The van der Waals surface area contributed by atoms with Crippen LogP contribution >= 0.6 is 15.9 Å². The van der Waals surface area contributed by atoms with Gasteiger partial charge in [-0.25, -0.2) is 0 Å². The molecule has 2 atom stereocenters. The van der Waals surface area contributed by atoms with Gasteiger partial charge in [-0.3, -0.25) is 9.69 Å². The van der Waals surface area contributed by atoms with Gasteiger partial charge in [0.05, 0.1) is 6.54 Å². The largest absolute Gasteiger partial charge is 0.508 e. The molecule has 0 fully saturated rings. The Kier molecular flexibility index (Phi) is 6.49. The molecule has 2 N–H and O–H groups in total. The number of carboxylic acid groups (broad SMARTS) is 1. The maximum atomic E-state index is 11.1. The van der Waals surface area contributed by atoms with Gasteiger partial charge < -0.3 is 10.2 Å². The fraction of sp³-hybridized carbons (Fsp3) is 0.533. The van der Waals surface area contributed by atoms with E-state index in [2.05, 4.69) is 15.9 Å². The smallest absolute Gasteiger partial charge is 0.317 e. The molecule has 2 unspecified atom stereocenters. The summed E-state index contributed by atoms with van der Waals surface area (Å²) >= 11 is 3.40. The van der Waals surface area contributed by atoms with Gasteiger partial charge in [0.25, 0.3) is 0 Å². The average Bonchev–Trinajstić information content (AvgIpc) is 2.41. The summed E-state index contributed by atoms with van der Waals surface area (Å²) in [6, 6.07) is 5.29. The monoisotopic (exact) mass is 343 g/mol. The number of aliphatic carboxylic acids is 1. The molecular weight excluding hydrogens is 322 g/mol. The molecule has 0 radical (unpaired) electrons. The number of aromatic hydroxyl groups is 1. The Balaban J connectivity index is 3.17. The Labute approximate surface area is 128 Å². The van der Waals surface area contributed by atoms with Crippen molar-refractivity contribution in [3.63, 3.8) is 0 Å². The van der Waals surface area contributed by atoms with E-state index < -0.39 is 5.97 Å². The minimum Gasteiger partial charge on any atom is -0.508 e. The number of hydrogen-bond acceptors (Lipinski definition) is 3. The van der Waals surface area contributed by atoms with Crippen molar-refractivity contribution in [2.45, 2.75) is 45.7 Å². The third kappa shape index (κ3) is 4.21. The first kappa shape index (κ1) is 17.0. The molecule has 20 heavy (non-hydrogen) atoms. The summed E-state index contributed by atoms with van der Waals surface area (Å²) in [5.74, 6) is -0.642. The zero-order valence-electron chi connectivity index (χ0n) is 12.1. The van der Waals surface area contributed by atoms with Crippen LogP contribution in [0.25, 0.3) is 0 Å². The Hall–Kier alpha value is -1.07. The van der Waals surface area contributed by atoms with Crippen LogP contribution in [0.1, 0.15) is 45.2 Å². The Morgan fingerprint density at radius 2 is 2.00 bits per heavy atom. The van der Waals surface area contributed by atoms with Crippen molar-refractivity contribution in [2.75, 3.05) is 6.54 Å². The second-order valence-electron chi connectivity index (χ2n) is 4.95. The molecule has 0 bridgehead atoms. The predicted molar refractivity (Wildman–Crippen MR) is 82.9 cm³/mol. The summed E-state index contributed by atoms with van der Waals surface area (Å²) in [5.41, 5.74) is 0.767. The average molecular weight is 344 g/mol. The van der Waals surface area contributed by atoms with Gasteiger partial charge in [-0.15, -0.1) is 0 Å². The van der Waals surface area contributed by atoms with E-state index in [0.29, 0.717) is 0 Å². The molecule has 112 valence electrons. The first-order valence-electron chi connectivity index (χ1n) is 6.86. The molecule has 0 heterocycles. The molecule has 0 saturated heterocycles. The number of rotatable bonds is 7. The third-order valence-electron chi connectivity index (χ3n) is 3.61. The van der Waals surface area contributed by atoms with E-state index in [9.17, 15) is 9.90 Å². The van der Waals surface area contributed by atoms with Crippen molar-refractivity contribution < 1.29 is 15.0 Å². The van der Waals surface area contributed by atoms with Crippen LogP contribution in [0.4, 0.5) is 0 Å². The number of nitrogens with zero attached hydrogens (tertiary/aromatic N) is 1. The summed E-state index contributed by atoms with van der Waals surface area (Å²) in [6.45, 7) is 6.02. The second kappa shape index (κ2) is 7.64. The standard InChI is InChI=1S/C15H22BrNO3/c1-4-10(3)17(9-15(19)20)13(5-2)12-8-11(16)6-7-14(12)18/h6-8,10,13,18H,4-5,9H2,1-3H3,(H,19,20). The molecule has 4 nitrogen and oxygen atoms in total. The summed E-state index contributed by atoms with van der Waals surface area (Å²) in [5, 5.41) is 19.2. The van der Waals surface area contributed by atoms with Gasteiger partial charge in [-0.2, -0.15) is 0 Å². The van der Waals surface area contributed by atoms with Gasteiger partial charge in [0, 0.05) is 22.1 Å². The lowest BCUT2D eigenvalue weighted by atomic mass is 9.99. The van der Waals surface area contributed by atoms with E-state index in [0.717, 1.165) is 22.9 Å². The molecule has 0 saturated carbocycles. The topological polar surface area (TPSA) is 60.8 Å². The Morgan fingerprint density at radius 1 is 1.35 bits per heavy atom. The number of carbonyl (C=O) groups is 1. The van der Waals surface area contributed by atoms with Crippen LogP contribution in [0.2, 0.25) is 0 Å². The number of hydrogen-bond donors (Lipinski definition) is 2. The quantitative estimate of drug-likeness (QED) is 0.790. The maximum Gasteiger partial charge on any atom is 0.317 e. The van der Waals surface area contributed by atoms with E-state index in [-0.39, 0.29) is 24.4 Å². The zero-order chi connectivity index (χ0) is 15.3. The van der Waals surface area contributed by atoms with E-state index in [4.69, 9.17) is 5.11 Å². The lowest BCUT2D eigenvalue weighted by molar-refractivity contribution is -0.139. The molecule has 0 aliphatic carbocycles. The van der Waals surface area contributed by atoms with Crippen LogP contribution in [0.3, 0.4) is 0 Å². The van der Waals surface area contributed by atoms with E-state index >= 15 is 0 Å². The highest BCUT2D eigenvalue weighted by Crippen LogP contribution is 2.34. The molecule has 0 aromatic heterocycles. The molecule has 1 aromatic rings. The Bertz CT molecular complexity index is 464. The molecule has 5 heteroatoms. The predicted octanol–water partition coefficient (Wildman–Crippen LogP) is 3.79. The highest BCUT2D eigenvalue weighted by Gasteiger charge is 2.26. The van der Waals surface area contributed by atoms with Gasteiger partial charge in [-0.1, -0.05) is 29.8 Å². The highest BCUT2D eigenvalue weighted by molar-refractivity contribution is 9.10. The van der Waals surface area contributed by atoms with Crippen molar-refractivity contribution in [2.24, 2.45) is 0 Å². The molecule has 0 amide bonds. The SMILES string of the molecule is CCC(C)N(CC(=O)O)C(CC)c1cc(Br)ccc1O. The van der Waals surface area contributed by atoms with Crippen LogP contribution in [-0.2, 0) is 4.79 Å². The number of halogens is 1. The first-order valence-corrected chi connectivity index (χ1v) is 7.65. The molecule has 1 rings (SSSR count). The lowest BCUT2D eigenvalue weighted by Crippen LogP contribution is -2.39. The summed E-state index contributed by atoms with van der Waals surface area (Å²) in [6.07, 6.45) is 1.60. The number of carboxylic acids is 1. The fourth-order valence-electron chi connectivity index (χ4n) is 2.39. The van der Waals surface area contributed by atoms with Crippen LogP contribution in [0.15, 0.2) is 22.7 Å². The summed E-state index contributed by atoms with van der Waals surface area (Å²) in [4.78, 5) is 13.1. The van der Waals surface area contributed by atoms with E-state index in [1.165, 1.54) is 0 Å². The highest BCUT2D eigenvalue weighted by atomic mass is 79.9. The van der Waals surface area contributed by atoms with E-state index in [1.807, 2.05) is 31.7 Å². The van der Waals surface area contributed by atoms with Crippen LogP contribution in [0.5, 0.6) is 5.75 Å². The molecule has 0 spiro atoms. The fourth-order valence-corrected chi connectivity index (χ4v) is 2.77. The molecule has 1 aromatic carbocycles. The first-order chi connectivity index (χ1) is 9.40. The maximum absolute atomic E-state index is 11.1. The van der Waals surface area contributed by atoms with Gasteiger partial charge in [0.1, 0.15) is 5.75 Å². The van der Waals surface area contributed by atoms with Crippen LogP contribution < -0.4 is 0 Å².